The summed E-state index contributed by atoms with van der Waals surface area (Å²) in [6, 6.07) is 9.59. The SMILES string of the molecule is CCOc1cccc(-c2cnc(C=N)c(N)c2)c1. The van der Waals surface area contributed by atoms with Crippen LogP contribution in [0, 0.1) is 5.41 Å². The van der Waals surface area contributed by atoms with E-state index in [0.717, 1.165) is 23.1 Å². The third kappa shape index (κ3) is 2.48. The number of benzene rings is 1. The average molecular weight is 241 g/mol. The Hall–Kier alpha value is -2.36. The lowest BCUT2D eigenvalue weighted by molar-refractivity contribution is 0.340. The van der Waals surface area contributed by atoms with Gasteiger partial charge in [0.2, 0.25) is 0 Å². The Bertz CT molecular complexity index is 567. The number of pyridine rings is 1. The van der Waals surface area contributed by atoms with E-state index in [4.69, 9.17) is 15.9 Å². The van der Waals surface area contributed by atoms with E-state index >= 15 is 0 Å². The molecule has 0 bridgehead atoms. The molecule has 0 spiro atoms. The van der Waals surface area contributed by atoms with Crippen LogP contribution in [0.4, 0.5) is 5.69 Å². The molecule has 0 radical (unpaired) electrons. The van der Waals surface area contributed by atoms with Crippen molar-refractivity contribution < 1.29 is 4.74 Å². The molecule has 4 nitrogen and oxygen atoms in total. The van der Waals surface area contributed by atoms with Crippen LogP contribution in [0.1, 0.15) is 12.6 Å². The lowest BCUT2D eigenvalue weighted by atomic mass is 10.1. The molecule has 1 aromatic carbocycles. The molecule has 92 valence electrons. The highest BCUT2D eigenvalue weighted by atomic mass is 16.5. The van der Waals surface area contributed by atoms with E-state index in [1.54, 1.807) is 6.20 Å². The van der Waals surface area contributed by atoms with Crippen molar-refractivity contribution in [3.8, 4) is 16.9 Å². The topological polar surface area (TPSA) is 72.0 Å². The normalized spacial score (nSPS) is 10.1. The smallest absolute Gasteiger partial charge is 0.119 e. The van der Waals surface area contributed by atoms with Crippen LogP contribution >= 0.6 is 0 Å². The molecule has 1 heterocycles. The van der Waals surface area contributed by atoms with Gasteiger partial charge in [0, 0.05) is 18.0 Å². The van der Waals surface area contributed by atoms with Gasteiger partial charge in [0.15, 0.2) is 0 Å². The molecule has 4 heteroatoms. The van der Waals surface area contributed by atoms with E-state index in [2.05, 4.69) is 4.98 Å². The average Bonchev–Trinajstić information content (AvgIpc) is 2.39. The molecular weight excluding hydrogens is 226 g/mol. The van der Waals surface area contributed by atoms with Gasteiger partial charge in [-0.05, 0) is 30.7 Å². The van der Waals surface area contributed by atoms with Gasteiger partial charge >= 0.3 is 0 Å². The molecule has 2 aromatic rings. The molecule has 0 unspecified atom stereocenters. The molecule has 3 N–H and O–H groups in total. The zero-order valence-electron chi connectivity index (χ0n) is 10.2. The van der Waals surface area contributed by atoms with Crippen molar-refractivity contribution in [2.24, 2.45) is 0 Å². The molecule has 0 saturated heterocycles. The number of aromatic nitrogens is 1. The maximum Gasteiger partial charge on any atom is 0.119 e. The van der Waals surface area contributed by atoms with Crippen LogP contribution in [-0.2, 0) is 0 Å². The highest BCUT2D eigenvalue weighted by Crippen LogP contribution is 2.25. The van der Waals surface area contributed by atoms with Crippen LogP contribution in [0.5, 0.6) is 5.75 Å². The second-order valence-corrected chi connectivity index (χ2v) is 3.80. The van der Waals surface area contributed by atoms with Gasteiger partial charge in [0.25, 0.3) is 0 Å². The van der Waals surface area contributed by atoms with E-state index in [1.807, 2.05) is 37.3 Å². The van der Waals surface area contributed by atoms with Crippen molar-refractivity contribution in [1.82, 2.24) is 4.98 Å². The fourth-order valence-electron chi connectivity index (χ4n) is 1.70. The largest absolute Gasteiger partial charge is 0.494 e. The molecule has 0 atom stereocenters. The molecule has 0 aliphatic heterocycles. The summed E-state index contributed by atoms with van der Waals surface area (Å²) in [6.45, 7) is 2.58. The van der Waals surface area contributed by atoms with Crippen LogP contribution in [0.15, 0.2) is 36.5 Å². The molecule has 0 amide bonds. The Balaban J connectivity index is 2.39. The van der Waals surface area contributed by atoms with Crippen LogP contribution in [0.25, 0.3) is 11.1 Å². The predicted octanol–water partition coefficient (Wildman–Crippen LogP) is 2.73. The zero-order valence-corrected chi connectivity index (χ0v) is 10.2. The summed E-state index contributed by atoms with van der Waals surface area (Å²) in [5, 5.41) is 7.16. The summed E-state index contributed by atoms with van der Waals surface area (Å²) in [6.07, 6.45) is 2.86. The summed E-state index contributed by atoms with van der Waals surface area (Å²) >= 11 is 0. The van der Waals surface area contributed by atoms with Gasteiger partial charge in [-0.3, -0.25) is 4.98 Å². The van der Waals surface area contributed by atoms with E-state index in [-0.39, 0.29) is 0 Å². The third-order valence-corrected chi connectivity index (χ3v) is 2.56. The summed E-state index contributed by atoms with van der Waals surface area (Å²) in [5.41, 5.74) is 8.72. The van der Waals surface area contributed by atoms with Gasteiger partial charge in [-0.2, -0.15) is 0 Å². The number of nitrogen functional groups attached to an aromatic ring is 1. The summed E-state index contributed by atoms with van der Waals surface area (Å²) in [7, 11) is 0. The van der Waals surface area contributed by atoms with E-state index in [9.17, 15) is 0 Å². The predicted molar refractivity (Wildman–Crippen MR) is 73.1 cm³/mol. The standard InChI is InChI=1S/C14H15N3O/c1-2-18-12-5-3-4-10(6-12)11-7-13(16)14(8-15)17-9-11/h3-9,15H,2,16H2,1H3. The Kier molecular flexibility index (Phi) is 3.57. The van der Waals surface area contributed by atoms with Crippen molar-refractivity contribution in [2.75, 3.05) is 12.3 Å². The van der Waals surface area contributed by atoms with Crippen molar-refractivity contribution in [3.05, 3.63) is 42.2 Å². The molecule has 18 heavy (non-hydrogen) atoms. The Morgan fingerprint density at radius 1 is 1.33 bits per heavy atom. The van der Waals surface area contributed by atoms with E-state index in [1.165, 1.54) is 0 Å². The number of hydrogen-bond acceptors (Lipinski definition) is 4. The van der Waals surface area contributed by atoms with E-state index < -0.39 is 0 Å². The van der Waals surface area contributed by atoms with Gasteiger partial charge in [-0.1, -0.05) is 12.1 Å². The monoisotopic (exact) mass is 241 g/mol. The van der Waals surface area contributed by atoms with E-state index in [0.29, 0.717) is 18.0 Å². The van der Waals surface area contributed by atoms with Crippen LogP contribution in [0.2, 0.25) is 0 Å². The summed E-state index contributed by atoms with van der Waals surface area (Å²) in [4.78, 5) is 4.14. The molecule has 0 fully saturated rings. The molecule has 1 aromatic heterocycles. The highest BCUT2D eigenvalue weighted by Gasteiger charge is 2.03. The maximum absolute atomic E-state index is 7.16. The first-order valence-corrected chi connectivity index (χ1v) is 5.74. The zero-order chi connectivity index (χ0) is 13.0. The number of anilines is 1. The van der Waals surface area contributed by atoms with Crippen molar-refractivity contribution in [2.45, 2.75) is 6.92 Å². The minimum atomic E-state index is 0.486. The fourth-order valence-corrected chi connectivity index (χ4v) is 1.70. The number of nitrogens with two attached hydrogens (primary N) is 1. The second kappa shape index (κ2) is 5.31. The number of nitrogens with zero attached hydrogens (tertiary/aromatic N) is 1. The van der Waals surface area contributed by atoms with Gasteiger partial charge in [0.1, 0.15) is 11.4 Å². The van der Waals surface area contributed by atoms with Gasteiger partial charge in [-0.15, -0.1) is 0 Å². The van der Waals surface area contributed by atoms with Crippen molar-refractivity contribution in [1.29, 1.82) is 5.41 Å². The lowest BCUT2D eigenvalue weighted by Gasteiger charge is -2.07. The first-order valence-electron chi connectivity index (χ1n) is 5.74. The minimum absolute atomic E-state index is 0.486. The fraction of sp³-hybridized carbons (Fsp3) is 0.143. The highest BCUT2D eigenvalue weighted by molar-refractivity contribution is 5.84. The summed E-state index contributed by atoms with van der Waals surface area (Å²) < 4.78 is 5.46. The number of nitrogens with one attached hydrogen (secondary N) is 1. The van der Waals surface area contributed by atoms with Crippen LogP contribution in [-0.4, -0.2) is 17.8 Å². The van der Waals surface area contributed by atoms with Gasteiger partial charge < -0.3 is 15.9 Å². The van der Waals surface area contributed by atoms with Crippen LogP contribution < -0.4 is 10.5 Å². The quantitative estimate of drug-likeness (QED) is 0.808. The molecular formula is C14H15N3O. The number of ether oxygens (including phenoxy) is 1. The summed E-state index contributed by atoms with van der Waals surface area (Å²) in [5.74, 6) is 0.824. The van der Waals surface area contributed by atoms with Gasteiger partial charge in [-0.25, -0.2) is 0 Å². The lowest BCUT2D eigenvalue weighted by Crippen LogP contribution is -1.97. The molecule has 2 rings (SSSR count). The van der Waals surface area contributed by atoms with Gasteiger partial charge in [0.05, 0.1) is 12.3 Å². The molecule has 0 aliphatic rings. The third-order valence-electron chi connectivity index (χ3n) is 2.56. The number of hydrogen-bond donors (Lipinski definition) is 2. The molecule has 0 saturated carbocycles. The number of rotatable bonds is 4. The first-order chi connectivity index (χ1) is 8.74. The second-order valence-electron chi connectivity index (χ2n) is 3.80. The Morgan fingerprint density at radius 3 is 2.83 bits per heavy atom. The Labute approximate surface area is 106 Å². The van der Waals surface area contributed by atoms with Crippen molar-refractivity contribution >= 4 is 11.9 Å². The first kappa shape index (κ1) is 12.1. The maximum atomic E-state index is 7.16. The minimum Gasteiger partial charge on any atom is -0.494 e. The molecule has 0 aliphatic carbocycles. The van der Waals surface area contributed by atoms with Crippen LogP contribution in [0.3, 0.4) is 0 Å². The van der Waals surface area contributed by atoms with Crippen molar-refractivity contribution in [3.63, 3.8) is 0 Å². The Morgan fingerprint density at radius 2 is 2.17 bits per heavy atom.